The molecule has 1 amide bonds. The number of nitrogens with zero attached hydrogens (tertiary/aromatic N) is 1. The van der Waals surface area contributed by atoms with Crippen LogP contribution in [0.2, 0.25) is 5.02 Å². The maximum atomic E-state index is 12.0. The van der Waals surface area contributed by atoms with E-state index >= 15 is 0 Å². The van der Waals surface area contributed by atoms with Gasteiger partial charge in [0.15, 0.2) is 0 Å². The molecule has 0 aromatic heterocycles. The minimum absolute atomic E-state index is 0.0266. The van der Waals surface area contributed by atoms with E-state index < -0.39 is 16.3 Å². The summed E-state index contributed by atoms with van der Waals surface area (Å²) >= 11 is 5.93. The van der Waals surface area contributed by atoms with Crippen LogP contribution in [0.3, 0.4) is 0 Å². The average molecular weight is 343 g/mol. The van der Waals surface area contributed by atoms with Crippen LogP contribution in [0.1, 0.15) is 32.3 Å². The Bertz CT molecular complexity index is 614. The Labute approximate surface area is 138 Å². The number of amides is 1. The van der Waals surface area contributed by atoms with Crippen LogP contribution in [-0.2, 0) is 16.0 Å². The Hall–Kier alpha value is -2.15. The normalized spacial score (nSPS) is 11.1. The van der Waals surface area contributed by atoms with Gasteiger partial charge in [0.25, 0.3) is 5.69 Å². The second kappa shape index (κ2) is 7.92. The van der Waals surface area contributed by atoms with E-state index in [1.165, 1.54) is 18.2 Å². The Morgan fingerprint density at radius 1 is 1.35 bits per heavy atom. The number of aliphatic carboxylic acids is 1. The summed E-state index contributed by atoms with van der Waals surface area (Å²) in [5.41, 5.74) is -0.695. The second-order valence-corrected chi connectivity index (χ2v) is 5.69. The van der Waals surface area contributed by atoms with Gasteiger partial charge in [0.05, 0.1) is 21.8 Å². The first-order valence-corrected chi connectivity index (χ1v) is 7.56. The quantitative estimate of drug-likeness (QED) is 0.557. The average Bonchev–Trinajstić information content (AvgIpc) is 2.50. The zero-order valence-corrected chi connectivity index (χ0v) is 13.7. The second-order valence-electron chi connectivity index (χ2n) is 5.28. The molecule has 8 heteroatoms. The number of benzene rings is 1. The number of nitro benzene ring substituents is 1. The molecule has 0 aliphatic heterocycles. The molecule has 0 fully saturated rings. The maximum Gasteiger partial charge on any atom is 0.311 e. The van der Waals surface area contributed by atoms with E-state index in [1.807, 2.05) is 0 Å². The maximum absolute atomic E-state index is 12.0. The van der Waals surface area contributed by atoms with E-state index in [9.17, 15) is 24.8 Å². The standard InChI is InChI=1S/C15H19ClN2O5/c1-3-15(4-2,14(20)21)9-17-13(19)7-10-5-6-11(18(22)23)8-12(10)16/h5-6,8H,3-4,7,9H2,1-2H3,(H,17,19)(H,20,21). The molecule has 0 saturated heterocycles. The Morgan fingerprint density at radius 2 is 1.96 bits per heavy atom. The number of nitro groups is 1. The topological polar surface area (TPSA) is 110 Å². The lowest BCUT2D eigenvalue weighted by Crippen LogP contribution is -2.42. The number of carboxylic acid groups (broad SMARTS) is 1. The summed E-state index contributed by atoms with van der Waals surface area (Å²) in [7, 11) is 0. The first kappa shape index (κ1) is 18.9. The van der Waals surface area contributed by atoms with E-state index in [0.717, 1.165) is 0 Å². The Morgan fingerprint density at radius 3 is 2.39 bits per heavy atom. The summed E-state index contributed by atoms with van der Waals surface area (Å²) in [5, 5.41) is 22.7. The number of rotatable bonds is 8. The van der Waals surface area contributed by atoms with Crippen LogP contribution in [0.4, 0.5) is 5.69 Å². The summed E-state index contributed by atoms with van der Waals surface area (Å²) in [4.78, 5) is 33.4. The number of halogens is 1. The smallest absolute Gasteiger partial charge is 0.311 e. The zero-order valence-electron chi connectivity index (χ0n) is 13.0. The van der Waals surface area contributed by atoms with Crippen LogP contribution >= 0.6 is 11.6 Å². The molecule has 0 bridgehead atoms. The van der Waals surface area contributed by atoms with Gasteiger partial charge in [-0.1, -0.05) is 31.5 Å². The number of hydrogen-bond donors (Lipinski definition) is 2. The first-order chi connectivity index (χ1) is 10.8. The highest BCUT2D eigenvalue weighted by atomic mass is 35.5. The fourth-order valence-corrected chi connectivity index (χ4v) is 2.42. The molecule has 126 valence electrons. The van der Waals surface area contributed by atoms with Crippen molar-refractivity contribution in [3.8, 4) is 0 Å². The zero-order chi connectivity index (χ0) is 17.6. The molecule has 23 heavy (non-hydrogen) atoms. The highest BCUT2D eigenvalue weighted by molar-refractivity contribution is 6.31. The van der Waals surface area contributed by atoms with E-state index in [4.69, 9.17) is 11.6 Å². The van der Waals surface area contributed by atoms with Crippen LogP contribution in [0.25, 0.3) is 0 Å². The van der Waals surface area contributed by atoms with Crippen molar-refractivity contribution in [2.75, 3.05) is 6.54 Å². The first-order valence-electron chi connectivity index (χ1n) is 7.18. The molecular weight excluding hydrogens is 324 g/mol. The van der Waals surface area contributed by atoms with Crippen molar-refractivity contribution in [3.05, 3.63) is 38.9 Å². The third-order valence-electron chi connectivity index (χ3n) is 4.03. The van der Waals surface area contributed by atoms with Crippen molar-refractivity contribution >= 4 is 29.2 Å². The SMILES string of the molecule is CCC(CC)(CNC(=O)Cc1ccc([N+](=O)[O-])cc1Cl)C(=O)O. The van der Waals surface area contributed by atoms with Crippen molar-refractivity contribution in [2.24, 2.45) is 5.41 Å². The number of carbonyl (C=O) groups is 2. The van der Waals surface area contributed by atoms with Gasteiger partial charge in [-0.15, -0.1) is 0 Å². The number of carboxylic acids is 1. The van der Waals surface area contributed by atoms with Crippen molar-refractivity contribution < 1.29 is 19.6 Å². The van der Waals surface area contributed by atoms with Gasteiger partial charge in [0.2, 0.25) is 5.91 Å². The van der Waals surface area contributed by atoms with Crippen LogP contribution in [0, 0.1) is 15.5 Å². The third-order valence-corrected chi connectivity index (χ3v) is 4.38. The molecule has 7 nitrogen and oxygen atoms in total. The fourth-order valence-electron chi connectivity index (χ4n) is 2.17. The Balaban J connectivity index is 2.74. The van der Waals surface area contributed by atoms with E-state index in [-0.39, 0.29) is 29.6 Å². The van der Waals surface area contributed by atoms with Gasteiger partial charge in [-0.2, -0.15) is 0 Å². The lowest BCUT2D eigenvalue weighted by atomic mass is 9.82. The van der Waals surface area contributed by atoms with Gasteiger partial charge in [-0.3, -0.25) is 19.7 Å². The summed E-state index contributed by atoms with van der Waals surface area (Å²) in [6.07, 6.45) is 0.731. The molecule has 0 unspecified atom stereocenters. The number of non-ortho nitro benzene ring substituents is 1. The third kappa shape index (κ3) is 4.66. The molecule has 0 radical (unpaired) electrons. The monoisotopic (exact) mass is 342 g/mol. The summed E-state index contributed by atoms with van der Waals surface area (Å²) in [6, 6.07) is 3.88. The summed E-state index contributed by atoms with van der Waals surface area (Å²) in [6.45, 7) is 3.55. The number of carbonyl (C=O) groups excluding carboxylic acids is 1. The molecule has 2 N–H and O–H groups in total. The van der Waals surface area contributed by atoms with Crippen molar-refractivity contribution in [1.82, 2.24) is 5.32 Å². The molecule has 1 rings (SSSR count). The van der Waals surface area contributed by atoms with Gasteiger partial charge in [-0.05, 0) is 18.4 Å². The molecule has 0 aliphatic rings. The molecule has 1 aromatic rings. The van der Waals surface area contributed by atoms with Crippen molar-refractivity contribution in [1.29, 1.82) is 0 Å². The lowest BCUT2D eigenvalue weighted by Gasteiger charge is -2.26. The van der Waals surface area contributed by atoms with E-state index in [2.05, 4.69) is 5.32 Å². The molecule has 1 aromatic carbocycles. The number of hydrogen-bond acceptors (Lipinski definition) is 4. The van der Waals surface area contributed by atoms with Gasteiger partial charge in [0.1, 0.15) is 0 Å². The predicted octanol–water partition coefficient (Wildman–Crippen LogP) is 2.80. The summed E-state index contributed by atoms with van der Waals surface area (Å²) in [5.74, 6) is -1.33. The van der Waals surface area contributed by atoms with Crippen LogP contribution in [-0.4, -0.2) is 28.5 Å². The van der Waals surface area contributed by atoms with E-state index in [1.54, 1.807) is 13.8 Å². The van der Waals surface area contributed by atoms with Crippen molar-refractivity contribution in [2.45, 2.75) is 33.1 Å². The molecule has 0 saturated carbocycles. The number of nitrogens with one attached hydrogen (secondary N) is 1. The van der Waals surface area contributed by atoms with Gasteiger partial charge >= 0.3 is 5.97 Å². The largest absolute Gasteiger partial charge is 0.481 e. The van der Waals surface area contributed by atoms with Gasteiger partial charge in [0, 0.05) is 18.7 Å². The van der Waals surface area contributed by atoms with Gasteiger partial charge < -0.3 is 10.4 Å². The van der Waals surface area contributed by atoms with Crippen LogP contribution < -0.4 is 5.32 Å². The molecule has 0 atom stereocenters. The predicted molar refractivity (Wildman–Crippen MR) is 85.5 cm³/mol. The molecular formula is C15H19ClN2O5. The van der Waals surface area contributed by atoms with Crippen molar-refractivity contribution in [3.63, 3.8) is 0 Å². The van der Waals surface area contributed by atoms with Crippen LogP contribution in [0.5, 0.6) is 0 Å². The van der Waals surface area contributed by atoms with E-state index in [0.29, 0.717) is 18.4 Å². The minimum Gasteiger partial charge on any atom is -0.481 e. The minimum atomic E-state index is -0.991. The fraction of sp³-hybridized carbons (Fsp3) is 0.467. The molecule has 0 heterocycles. The van der Waals surface area contributed by atoms with Crippen LogP contribution in [0.15, 0.2) is 18.2 Å². The summed E-state index contributed by atoms with van der Waals surface area (Å²) < 4.78 is 0. The highest BCUT2D eigenvalue weighted by Gasteiger charge is 2.35. The molecule has 0 spiro atoms. The van der Waals surface area contributed by atoms with Gasteiger partial charge in [-0.25, -0.2) is 0 Å². The Kier molecular flexibility index (Phi) is 6.50. The lowest BCUT2D eigenvalue weighted by molar-refractivity contribution is -0.384. The molecule has 0 aliphatic carbocycles. The highest BCUT2D eigenvalue weighted by Crippen LogP contribution is 2.26.